The molecule has 1 aromatic rings. The number of aryl methyl sites for hydroxylation is 1. The van der Waals surface area contributed by atoms with Crippen LogP contribution in [-0.4, -0.2) is 25.0 Å². The average molecular weight is 287 g/mol. The number of para-hydroxylation sites is 1. The standard InChI is InChI=1S/C13H11F3O4/c1-7-4-3-5-8-6-9(11(17)18)12(19-2,13(14,15)16)20-10(7)8/h3-6H,1-2H3,(H,17,18)/p-1. The Hall–Kier alpha value is -2.02. The zero-order chi connectivity index (χ0) is 15.1. The van der Waals surface area contributed by atoms with Crippen molar-refractivity contribution >= 4 is 12.0 Å². The summed E-state index contributed by atoms with van der Waals surface area (Å²) in [6, 6.07) is 4.57. The molecule has 1 heterocycles. The van der Waals surface area contributed by atoms with Gasteiger partial charge in [-0.3, -0.25) is 0 Å². The molecule has 1 atom stereocenters. The summed E-state index contributed by atoms with van der Waals surface area (Å²) in [5.41, 5.74) is -0.464. The summed E-state index contributed by atoms with van der Waals surface area (Å²) >= 11 is 0. The first kappa shape index (κ1) is 14.4. The first-order valence-corrected chi connectivity index (χ1v) is 5.57. The van der Waals surface area contributed by atoms with Crippen LogP contribution in [0, 0.1) is 6.92 Å². The number of aliphatic carboxylic acids is 1. The third-order valence-corrected chi connectivity index (χ3v) is 3.02. The number of halogens is 3. The molecule has 2 rings (SSSR count). The highest BCUT2D eigenvalue weighted by Crippen LogP contribution is 2.46. The largest absolute Gasteiger partial charge is 0.545 e. The molecule has 1 unspecified atom stereocenters. The lowest BCUT2D eigenvalue weighted by Crippen LogP contribution is -2.58. The van der Waals surface area contributed by atoms with E-state index < -0.39 is 23.5 Å². The number of alkyl halides is 3. The van der Waals surface area contributed by atoms with Crippen molar-refractivity contribution < 1.29 is 32.5 Å². The minimum absolute atomic E-state index is 0.0725. The van der Waals surface area contributed by atoms with Gasteiger partial charge in [0, 0.05) is 12.7 Å². The summed E-state index contributed by atoms with van der Waals surface area (Å²) < 4.78 is 49.0. The van der Waals surface area contributed by atoms with Gasteiger partial charge in [0.1, 0.15) is 5.75 Å². The predicted octanol–water partition coefficient (Wildman–Crippen LogP) is 1.43. The van der Waals surface area contributed by atoms with Gasteiger partial charge in [0.15, 0.2) is 0 Å². The van der Waals surface area contributed by atoms with Crippen molar-refractivity contribution in [3.63, 3.8) is 0 Å². The van der Waals surface area contributed by atoms with Crippen LogP contribution in [0.5, 0.6) is 5.75 Å². The molecular formula is C13H10F3O4-. The molecule has 7 heteroatoms. The topological polar surface area (TPSA) is 58.6 Å². The Kier molecular flexibility index (Phi) is 3.25. The van der Waals surface area contributed by atoms with Gasteiger partial charge < -0.3 is 19.4 Å². The van der Waals surface area contributed by atoms with E-state index in [4.69, 9.17) is 4.74 Å². The number of ether oxygens (including phenoxy) is 2. The van der Waals surface area contributed by atoms with Gasteiger partial charge >= 0.3 is 12.0 Å². The van der Waals surface area contributed by atoms with Gasteiger partial charge in [-0.15, -0.1) is 0 Å². The average Bonchev–Trinajstić information content (AvgIpc) is 2.36. The second kappa shape index (κ2) is 4.52. The van der Waals surface area contributed by atoms with Gasteiger partial charge in [-0.2, -0.15) is 13.2 Å². The molecule has 0 spiro atoms. The van der Waals surface area contributed by atoms with E-state index in [-0.39, 0.29) is 11.3 Å². The third-order valence-electron chi connectivity index (χ3n) is 3.02. The van der Waals surface area contributed by atoms with E-state index in [1.165, 1.54) is 6.07 Å². The van der Waals surface area contributed by atoms with Crippen LogP contribution in [0.3, 0.4) is 0 Å². The van der Waals surface area contributed by atoms with E-state index in [1.54, 1.807) is 19.1 Å². The fourth-order valence-electron chi connectivity index (χ4n) is 2.05. The van der Waals surface area contributed by atoms with Crippen molar-refractivity contribution in [2.24, 2.45) is 0 Å². The Bertz CT molecular complexity index is 592. The monoisotopic (exact) mass is 287 g/mol. The number of rotatable bonds is 2. The number of hydrogen-bond acceptors (Lipinski definition) is 4. The number of carboxylic acid groups (broad SMARTS) is 1. The molecule has 4 nitrogen and oxygen atoms in total. The summed E-state index contributed by atoms with van der Waals surface area (Å²) in [7, 11) is 0.730. The Morgan fingerprint density at radius 3 is 2.55 bits per heavy atom. The van der Waals surface area contributed by atoms with Gasteiger partial charge in [0.05, 0.1) is 11.5 Å². The molecule has 0 saturated carbocycles. The van der Waals surface area contributed by atoms with Crippen LogP contribution in [0.25, 0.3) is 6.08 Å². The number of methoxy groups -OCH3 is 1. The van der Waals surface area contributed by atoms with Gasteiger partial charge in [0.25, 0.3) is 0 Å². The summed E-state index contributed by atoms with van der Waals surface area (Å²) in [5, 5.41) is 11.0. The van der Waals surface area contributed by atoms with E-state index in [0.717, 1.165) is 13.2 Å². The zero-order valence-electron chi connectivity index (χ0n) is 10.6. The summed E-state index contributed by atoms with van der Waals surface area (Å²) in [6.45, 7) is 1.55. The highest BCUT2D eigenvalue weighted by atomic mass is 19.4. The SMILES string of the molecule is COC1(C(F)(F)F)Oc2c(C)cccc2C=C1C(=O)[O-]. The van der Waals surface area contributed by atoms with Crippen LogP contribution in [0.1, 0.15) is 11.1 Å². The van der Waals surface area contributed by atoms with Crippen molar-refractivity contribution in [2.45, 2.75) is 18.9 Å². The molecule has 0 aromatic heterocycles. The molecule has 0 bridgehead atoms. The molecule has 0 fully saturated rings. The normalized spacial score (nSPS) is 21.8. The van der Waals surface area contributed by atoms with Crippen molar-refractivity contribution in [3.05, 3.63) is 34.9 Å². The van der Waals surface area contributed by atoms with Crippen molar-refractivity contribution in [1.29, 1.82) is 0 Å². The fourth-order valence-corrected chi connectivity index (χ4v) is 2.05. The lowest BCUT2D eigenvalue weighted by molar-refractivity contribution is -0.341. The molecule has 0 saturated heterocycles. The van der Waals surface area contributed by atoms with Crippen molar-refractivity contribution in [1.82, 2.24) is 0 Å². The van der Waals surface area contributed by atoms with Gasteiger partial charge in [-0.1, -0.05) is 18.2 Å². The number of hydrogen-bond donors (Lipinski definition) is 0. The predicted molar refractivity (Wildman–Crippen MR) is 60.6 cm³/mol. The van der Waals surface area contributed by atoms with Crippen LogP contribution in [-0.2, 0) is 9.53 Å². The van der Waals surface area contributed by atoms with Gasteiger partial charge in [-0.05, 0) is 18.6 Å². The maximum atomic E-state index is 13.3. The number of fused-ring (bicyclic) bond motifs is 1. The lowest BCUT2D eigenvalue weighted by atomic mass is 9.96. The first-order valence-electron chi connectivity index (χ1n) is 5.57. The minimum Gasteiger partial charge on any atom is -0.545 e. The lowest BCUT2D eigenvalue weighted by Gasteiger charge is -2.39. The van der Waals surface area contributed by atoms with Crippen LogP contribution < -0.4 is 9.84 Å². The van der Waals surface area contributed by atoms with Crippen LogP contribution in [0.4, 0.5) is 13.2 Å². The van der Waals surface area contributed by atoms with Gasteiger partial charge in [-0.25, -0.2) is 0 Å². The molecule has 1 aromatic carbocycles. The number of carbonyl (C=O) groups is 1. The zero-order valence-corrected chi connectivity index (χ0v) is 10.6. The van der Waals surface area contributed by atoms with E-state index in [2.05, 4.69) is 4.74 Å². The van der Waals surface area contributed by atoms with E-state index in [0.29, 0.717) is 5.56 Å². The molecule has 20 heavy (non-hydrogen) atoms. The Balaban J connectivity index is 2.73. The van der Waals surface area contributed by atoms with Crippen molar-refractivity contribution in [2.75, 3.05) is 7.11 Å². The maximum absolute atomic E-state index is 13.3. The number of carboxylic acids is 1. The molecule has 108 valence electrons. The number of carbonyl (C=O) groups excluding carboxylic acids is 1. The molecule has 0 radical (unpaired) electrons. The Morgan fingerprint density at radius 1 is 1.40 bits per heavy atom. The maximum Gasteiger partial charge on any atom is 0.460 e. The molecule has 1 aliphatic heterocycles. The van der Waals surface area contributed by atoms with Crippen LogP contribution in [0.15, 0.2) is 23.8 Å². The molecule has 1 aliphatic rings. The van der Waals surface area contributed by atoms with Crippen LogP contribution in [0.2, 0.25) is 0 Å². The third kappa shape index (κ3) is 1.94. The summed E-state index contributed by atoms with van der Waals surface area (Å²) in [4.78, 5) is 11.0. The molecule has 0 aliphatic carbocycles. The molecule has 0 amide bonds. The number of benzene rings is 1. The second-order valence-corrected chi connectivity index (χ2v) is 4.26. The summed E-state index contributed by atoms with van der Waals surface area (Å²) in [6.07, 6.45) is -4.22. The quantitative estimate of drug-likeness (QED) is 0.825. The Labute approximate surface area is 112 Å². The van der Waals surface area contributed by atoms with Crippen molar-refractivity contribution in [3.8, 4) is 5.75 Å². The van der Waals surface area contributed by atoms with E-state index in [9.17, 15) is 23.1 Å². The second-order valence-electron chi connectivity index (χ2n) is 4.26. The fraction of sp³-hybridized carbons (Fsp3) is 0.308. The first-order chi connectivity index (χ1) is 9.23. The molecular weight excluding hydrogens is 277 g/mol. The Morgan fingerprint density at radius 2 is 2.05 bits per heavy atom. The van der Waals surface area contributed by atoms with Gasteiger partial charge in [0.2, 0.25) is 0 Å². The molecule has 0 N–H and O–H groups in total. The highest BCUT2D eigenvalue weighted by molar-refractivity contribution is 5.94. The smallest absolute Gasteiger partial charge is 0.460 e. The highest BCUT2D eigenvalue weighted by Gasteiger charge is 2.63. The van der Waals surface area contributed by atoms with Crippen LogP contribution >= 0.6 is 0 Å². The van der Waals surface area contributed by atoms with E-state index >= 15 is 0 Å². The van der Waals surface area contributed by atoms with E-state index in [1.807, 2.05) is 0 Å². The minimum atomic E-state index is -5.08. The summed E-state index contributed by atoms with van der Waals surface area (Å²) in [5.74, 6) is -5.45.